The zero-order chi connectivity index (χ0) is 12.9. The van der Waals surface area contributed by atoms with Crippen LogP contribution in [0.4, 0.5) is 5.82 Å². The number of pyridine rings is 1. The summed E-state index contributed by atoms with van der Waals surface area (Å²) < 4.78 is 5.31. The molecule has 3 rings (SSSR count). The van der Waals surface area contributed by atoms with Gasteiger partial charge in [0, 0.05) is 32.0 Å². The van der Waals surface area contributed by atoms with E-state index in [1.165, 1.54) is 0 Å². The highest BCUT2D eigenvalue weighted by Gasteiger charge is 2.23. The lowest BCUT2D eigenvalue weighted by molar-refractivity contribution is -0.0302. The normalized spacial score (nSPS) is 22.9. The molecular formula is C14H19N3O2. The minimum atomic E-state index is 0.201. The van der Waals surface area contributed by atoms with Gasteiger partial charge in [-0.05, 0) is 18.6 Å². The van der Waals surface area contributed by atoms with Gasteiger partial charge in [-0.3, -0.25) is 0 Å². The topological polar surface area (TPSA) is 47.0 Å². The van der Waals surface area contributed by atoms with Gasteiger partial charge in [0.2, 0.25) is 0 Å². The van der Waals surface area contributed by atoms with E-state index < -0.39 is 0 Å². The van der Waals surface area contributed by atoms with E-state index in [4.69, 9.17) is 9.57 Å². The van der Waals surface area contributed by atoms with E-state index >= 15 is 0 Å². The quantitative estimate of drug-likeness (QED) is 0.782. The standard InChI is InChI=1S/C14H19N3O2/c1-2-8-15-13(4-1)17-9-3-5-14(17)16-19-12-6-10-18-11-7-12/h1-2,4,8,12H,3,5-7,9-11H2. The molecule has 0 amide bonds. The fourth-order valence-electron chi connectivity index (χ4n) is 2.43. The molecule has 0 atom stereocenters. The third kappa shape index (κ3) is 3.04. The highest BCUT2D eigenvalue weighted by Crippen LogP contribution is 2.20. The van der Waals surface area contributed by atoms with Gasteiger partial charge in [0.15, 0.2) is 0 Å². The first-order valence-electron chi connectivity index (χ1n) is 6.92. The van der Waals surface area contributed by atoms with Crippen LogP contribution in [0, 0.1) is 0 Å². The molecule has 102 valence electrons. The van der Waals surface area contributed by atoms with Gasteiger partial charge in [-0.25, -0.2) is 4.98 Å². The number of hydrogen-bond acceptors (Lipinski definition) is 4. The van der Waals surface area contributed by atoms with Crippen LogP contribution in [0.1, 0.15) is 25.7 Å². The van der Waals surface area contributed by atoms with Crippen molar-refractivity contribution in [3.05, 3.63) is 24.4 Å². The number of anilines is 1. The molecule has 2 saturated heterocycles. The second-order valence-electron chi connectivity index (χ2n) is 4.87. The number of hydrogen-bond donors (Lipinski definition) is 0. The Morgan fingerprint density at radius 3 is 3.00 bits per heavy atom. The van der Waals surface area contributed by atoms with Gasteiger partial charge in [-0.1, -0.05) is 11.2 Å². The van der Waals surface area contributed by atoms with Crippen molar-refractivity contribution >= 4 is 11.7 Å². The molecule has 5 heteroatoms. The Morgan fingerprint density at radius 1 is 1.32 bits per heavy atom. The lowest BCUT2D eigenvalue weighted by Gasteiger charge is -2.22. The van der Waals surface area contributed by atoms with Crippen LogP contribution in [0.2, 0.25) is 0 Å². The summed E-state index contributed by atoms with van der Waals surface area (Å²) in [6.07, 6.45) is 5.94. The molecule has 5 nitrogen and oxygen atoms in total. The minimum absolute atomic E-state index is 0.201. The number of amidine groups is 1. The van der Waals surface area contributed by atoms with Crippen LogP contribution in [-0.4, -0.2) is 36.7 Å². The van der Waals surface area contributed by atoms with Gasteiger partial charge < -0.3 is 14.5 Å². The van der Waals surface area contributed by atoms with Crippen LogP contribution in [-0.2, 0) is 9.57 Å². The summed E-state index contributed by atoms with van der Waals surface area (Å²) in [6.45, 7) is 2.52. The van der Waals surface area contributed by atoms with Gasteiger partial charge in [-0.15, -0.1) is 0 Å². The summed E-state index contributed by atoms with van der Waals surface area (Å²) in [6, 6.07) is 5.93. The van der Waals surface area contributed by atoms with Gasteiger partial charge in [-0.2, -0.15) is 0 Å². The van der Waals surface area contributed by atoms with Crippen molar-refractivity contribution in [3.8, 4) is 0 Å². The van der Waals surface area contributed by atoms with Crippen LogP contribution in [0.15, 0.2) is 29.6 Å². The van der Waals surface area contributed by atoms with Crippen LogP contribution in [0.25, 0.3) is 0 Å². The van der Waals surface area contributed by atoms with Gasteiger partial charge in [0.1, 0.15) is 17.8 Å². The van der Waals surface area contributed by atoms with Gasteiger partial charge in [0.25, 0.3) is 0 Å². The first kappa shape index (κ1) is 12.4. The molecule has 2 fully saturated rings. The fraction of sp³-hybridized carbons (Fsp3) is 0.571. The van der Waals surface area contributed by atoms with Gasteiger partial charge in [0.05, 0.1) is 13.2 Å². The predicted octanol–water partition coefficient (Wildman–Crippen LogP) is 2.19. The van der Waals surface area contributed by atoms with Crippen LogP contribution >= 0.6 is 0 Å². The maximum atomic E-state index is 5.66. The molecule has 3 heterocycles. The lowest BCUT2D eigenvalue weighted by Crippen LogP contribution is -2.27. The summed E-state index contributed by atoms with van der Waals surface area (Å²) in [5.74, 6) is 1.94. The number of oxime groups is 1. The lowest BCUT2D eigenvalue weighted by atomic mass is 10.2. The smallest absolute Gasteiger partial charge is 0.150 e. The fourth-order valence-corrected chi connectivity index (χ4v) is 2.43. The van der Waals surface area contributed by atoms with Crippen molar-refractivity contribution in [1.29, 1.82) is 0 Å². The Kier molecular flexibility index (Phi) is 3.93. The van der Waals surface area contributed by atoms with E-state index in [9.17, 15) is 0 Å². The summed E-state index contributed by atoms with van der Waals surface area (Å²) in [4.78, 5) is 12.2. The maximum Gasteiger partial charge on any atom is 0.150 e. The molecule has 0 aromatic carbocycles. The highest BCUT2D eigenvalue weighted by molar-refractivity contribution is 5.98. The maximum absolute atomic E-state index is 5.66. The van der Waals surface area contributed by atoms with E-state index in [2.05, 4.69) is 15.0 Å². The molecule has 0 radical (unpaired) electrons. The summed E-state index contributed by atoms with van der Waals surface area (Å²) in [7, 11) is 0. The Morgan fingerprint density at radius 2 is 2.21 bits per heavy atom. The van der Waals surface area contributed by atoms with E-state index in [0.717, 1.165) is 57.1 Å². The first-order valence-corrected chi connectivity index (χ1v) is 6.92. The third-order valence-corrected chi connectivity index (χ3v) is 3.49. The van der Waals surface area contributed by atoms with Crippen molar-refractivity contribution in [3.63, 3.8) is 0 Å². The minimum Gasteiger partial charge on any atom is -0.391 e. The zero-order valence-corrected chi connectivity index (χ0v) is 11.0. The molecule has 19 heavy (non-hydrogen) atoms. The Labute approximate surface area is 113 Å². The van der Waals surface area contributed by atoms with E-state index in [-0.39, 0.29) is 6.10 Å². The monoisotopic (exact) mass is 261 g/mol. The van der Waals surface area contributed by atoms with Crippen molar-refractivity contribution < 1.29 is 9.57 Å². The predicted molar refractivity (Wildman–Crippen MR) is 73.2 cm³/mol. The molecule has 0 N–H and O–H groups in total. The van der Waals surface area contributed by atoms with Crippen molar-refractivity contribution in [2.24, 2.45) is 5.16 Å². The Bertz CT molecular complexity index is 430. The zero-order valence-electron chi connectivity index (χ0n) is 11.0. The number of aromatic nitrogens is 1. The second-order valence-corrected chi connectivity index (χ2v) is 4.87. The molecule has 1 aromatic rings. The number of nitrogens with zero attached hydrogens (tertiary/aromatic N) is 3. The first-order chi connectivity index (χ1) is 9.43. The van der Waals surface area contributed by atoms with Crippen LogP contribution in [0.3, 0.4) is 0 Å². The van der Waals surface area contributed by atoms with Crippen molar-refractivity contribution in [2.45, 2.75) is 31.8 Å². The number of ether oxygens (including phenoxy) is 1. The summed E-state index contributed by atoms with van der Waals surface area (Å²) >= 11 is 0. The number of rotatable bonds is 3. The second kappa shape index (κ2) is 6.02. The Balaban J connectivity index is 1.65. The van der Waals surface area contributed by atoms with Crippen LogP contribution in [0.5, 0.6) is 0 Å². The van der Waals surface area contributed by atoms with Gasteiger partial charge >= 0.3 is 0 Å². The Hall–Kier alpha value is -1.62. The average molecular weight is 261 g/mol. The van der Waals surface area contributed by atoms with Crippen molar-refractivity contribution in [1.82, 2.24) is 4.98 Å². The molecule has 2 aliphatic heterocycles. The van der Waals surface area contributed by atoms with Crippen LogP contribution < -0.4 is 4.90 Å². The average Bonchev–Trinajstić information content (AvgIpc) is 2.95. The van der Waals surface area contributed by atoms with Crippen molar-refractivity contribution in [2.75, 3.05) is 24.7 Å². The molecule has 0 saturated carbocycles. The van der Waals surface area contributed by atoms with E-state index in [1.807, 2.05) is 24.4 Å². The molecule has 0 unspecified atom stereocenters. The third-order valence-electron chi connectivity index (χ3n) is 3.49. The molecule has 0 aliphatic carbocycles. The molecule has 2 aliphatic rings. The molecule has 0 bridgehead atoms. The SMILES string of the molecule is c1ccc(N2CCCC2=NOC2CCOCC2)nc1. The highest BCUT2D eigenvalue weighted by atomic mass is 16.6. The largest absolute Gasteiger partial charge is 0.391 e. The molecule has 0 spiro atoms. The van der Waals surface area contributed by atoms with E-state index in [1.54, 1.807) is 0 Å². The summed E-state index contributed by atoms with van der Waals surface area (Å²) in [5, 5.41) is 4.35. The molecular weight excluding hydrogens is 242 g/mol. The molecule has 1 aromatic heterocycles. The summed E-state index contributed by atoms with van der Waals surface area (Å²) in [5.41, 5.74) is 0. The van der Waals surface area contributed by atoms with E-state index in [0.29, 0.717) is 0 Å².